The number of hydrogen-bond donors (Lipinski definition) is 1. The van der Waals surface area contributed by atoms with Gasteiger partial charge in [-0.1, -0.05) is 27.2 Å². The van der Waals surface area contributed by atoms with Crippen molar-refractivity contribution in [2.24, 2.45) is 11.8 Å². The average molecular weight is 298 g/mol. The number of carbonyl (C=O) groups is 1. The number of nitrogens with one attached hydrogen (secondary N) is 1. The molecule has 4 heteroatoms. The van der Waals surface area contributed by atoms with E-state index in [9.17, 15) is 4.79 Å². The van der Waals surface area contributed by atoms with Crippen LogP contribution in [-0.4, -0.2) is 42.3 Å². The lowest BCUT2D eigenvalue weighted by atomic mass is 9.89. The Bertz CT molecular complexity index is 325. The number of hydrogen-bond acceptors (Lipinski definition) is 3. The SMILES string of the molecule is CCNC(CC(C)CC)C1CCN(C(=O)OC(C)(C)C)C1. The molecule has 0 radical (unpaired) electrons. The van der Waals surface area contributed by atoms with Crippen molar-refractivity contribution >= 4 is 6.09 Å². The minimum atomic E-state index is -0.410. The molecule has 0 aromatic rings. The van der Waals surface area contributed by atoms with Gasteiger partial charge in [-0.15, -0.1) is 0 Å². The maximum Gasteiger partial charge on any atom is 0.410 e. The van der Waals surface area contributed by atoms with Crippen LogP contribution in [0.2, 0.25) is 0 Å². The standard InChI is InChI=1S/C17H34N2O2/c1-7-13(3)11-15(18-8-2)14-9-10-19(12-14)16(20)21-17(4,5)6/h13-15,18H,7-12H2,1-6H3. The lowest BCUT2D eigenvalue weighted by molar-refractivity contribution is 0.0285. The van der Waals surface area contributed by atoms with Gasteiger partial charge in [-0.05, 0) is 52.0 Å². The van der Waals surface area contributed by atoms with Gasteiger partial charge in [-0.2, -0.15) is 0 Å². The van der Waals surface area contributed by atoms with E-state index < -0.39 is 5.60 Å². The fourth-order valence-electron chi connectivity index (χ4n) is 2.91. The van der Waals surface area contributed by atoms with Crippen LogP contribution in [0.1, 0.15) is 60.8 Å². The lowest BCUT2D eigenvalue weighted by Crippen LogP contribution is -2.40. The van der Waals surface area contributed by atoms with E-state index in [1.807, 2.05) is 25.7 Å². The third-order valence-corrected chi connectivity index (χ3v) is 4.26. The molecule has 1 saturated heterocycles. The second-order valence-electron chi connectivity index (χ2n) is 7.39. The second-order valence-corrected chi connectivity index (χ2v) is 7.39. The molecular formula is C17H34N2O2. The van der Waals surface area contributed by atoms with Gasteiger partial charge in [-0.25, -0.2) is 4.79 Å². The summed E-state index contributed by atoms with van der Waals surface area (Å²) in [4.78, 5) is 14.0. The minimum absolute atomic E-state index is 0.163. The zero-order valence-corrected chi connectivity index (χ0v) is 14.7. The Hall–Kier alpha value is -0.770. The van der Waals surface area contributed by atoms with E-state index >= 15 is 0 Å². The van der Waals surface area contributed by atoms with Crippen LogP contribution in [0.4, 0.5) is 4.79 Å². The average Bonchev–Trinajstić information content (AvgIpc) is 2.85. The van der Waals surface area contributed by atoms with Gasteiger partial charge in [0, 0.05) is 19.1 Å². The van der Waals surface area contributed by atoms with Crippen LogP contribution >= 0.6 is 0 Å². The number of likely N-dealkylation sites (tertiary alicyclic amines) is 1. The van der Waals surface area contributed by atoms with Crippen LogP contribution in [0, 0.1) is 11.8 Å². The predicted molar refractivity (Wildman–Crippen MR) is 87.5 cm³/mol. The van der Waals surface area contributed by atoms with E-state index in [1.54, 1.807) is 0 Å². The molecule has 3 atom stereocenters. The summed E-state index contributed by atoms with van der Waals surface area (Å²) in [6.07, 6.45) is 3.32. The van der Waals surface area contributed by atoms with Gasteiger partial charge >= 0.3 is 6.09 Å². The van der Waals surface area contributed by atoms with E-state index in [4.69, 9.17) is 4.74 Å². The maximum absolute atomic E-state index is 12.1. The number of nitrogens with zero attached hydrogens (tertiary/aromatic N) is 1. The van der Waals surface area contributed by atoms with E-state index in [1.165, 1.54) is 12.8 Å². The summed E-state index contributed by atoms with van der Waals surface area (Å²) in [5, 5.41) is 3.62. The first-order valence-electron chi connectivity index (χ1n) is 8.48. The first-order chi connectivity index (χ1) is 9.76. The van der Waals surface area contributed by atoms with Crippen molar-refractivity contribution in [3.63, 3.8) is 0 Å². The molecule has 0 spiro atoms. The van der Waals surface area contributed by atoms with Crippen LogP contribution in [0.5, 0.6) is 0 Å². The highest BCUT2D eigenvalue weighted by atomic mass is 16.6. The molecule has 1 rings (SSSR count). The van der Waals surface area contributed by atoms with Crippen molar-refractivity contribution in [2.75, 3.05) is 19.6 Å². The number of ether oxygens (including phenoxy) is 1. The molecule has 3 unspecified atom stereocenters. The van der Waals surface area contributed by atoms with Crippen molar-refractivity contribution in [1.29, 1.82) is 0 Å². The van der Waals surface area contributed by atoms with Crippen LogP contribution in [0.15, 0.2) is 0 Å². The molecule has 0 bridgehead atoms. The first-order valence-corrected chi connectivity index (χ1v) is 8.48. The Labute approximate surface area is 130 Å². The molecule has 1 N–H and O–H groups in total. The maximum atomic E-state index is 12.1. The van der Waals surface area contributed by atoms with Gasteiger partial charge in [0.05, 0.1) is 0 Å². The molecule has 21 heavy (non-hydrogen) atoms. The van der Waals surface area contributed by atoms with Crippen LogP contribution in [0.3, 0.4) is 0 Å². The van der Waals surface area contributed by atoms with Gasteiger partial charge in [0.25, 0.3) is 0 Å². The monoisotopic (exact) mass is 298 g/mol. The Balaban J connectivity index is 2.55. The van der Waals surface area contributed by atoms with Gasteiger partial charge in [0.15, 0.2) is 0 Å². The molecule has 1 fully saturated rings. The first kappa shape index (κ1) is 18.3. The molecular weight excluding hydrogens is 264 g/mol. The fourth-order valence-corrected chi connectivity index (χ4v) is 2.91. The zero-order chi connectivity index (χ0) is 16.0. The summed E-state index contributed by atoms with van der Waals surface area (Å²) >= 11 is 0. The molecule has 1 aliphatic heterocycles. The van der Waals surface area contributed by atoms with Crippen LogP contribution in [-0.2, 0) is 4.74 Å². The largest absolute Gasteiger partial charge is 0.444 e. The van der Waals surface area contributed by atoms with Gasteiger partial charge in [-0.3, -0.25) is 0 Å². The molecule has 124 valence electrons. The third kappa shape index (κ3) is 6.25. The van der Waals surface area contributed by atoms with Gasteiger partial charge in [0.1, 0.15) is 5.60 Å². The van der Waals surface area contributed by atoms with Gasteiger partial charge < -0.3 is 15.0 Å². The molecule has 1 heterocycles. The molecule has 4 nitrogen and oxygen atoms in total. The van der Waals surface area contributed by atoms with Crippen molar-refractivity contribution in [1.82, 2.24) is 10.2 Å². The summed E-state index contributed by atoms with van der Waals surface area (Å²) in [6.45, 7) is 15.1. The van der Waals surface area contributed by atoms with E-state index in [0.717, 1.165) is 32.0 Å². The Morgan fingerprint density at radius 2 is 2.05 bits per heavy atom. The van der Waals surface area contributed by atoms with Crippen molar-refractivity contribution < 1.29 is 9.53 Å². The Morgan fingerprint density at radius 3 is 2.57 bits per heavy atom. The van der Waals surface area contributed by atoms with Crippen LogP contribution in [0.25, 0.3) is 0 Å². The molecule has 0 aliphatic carbocycles. The number of carbonyl (C=O) groups excluding carboxylic acids is 1. The third-order valence-electron chi connectivity index (χ3n) is 4.26. The molecule has 1 amide bonds. The summed E-state index contributed by atoms with van der Waals surface area (Å²) in [6, 6.07) is 0.511. The highest BCUT2D eigenvalue weighted by molar-refractivity contribution is 5.68. The highest BCUT2D eigenvalue weighted by Crippen LogP contribution is 2.26. The quantitative estimate of drug-likeness (QED) is 0.813. The summed E-state index contributed by atoms with van der Waals surface area (Å²) in [5.74, 6) is 1.27. The Kier molecular flexibility index (Phi) is 6.98. The lowest BCUT2D eigenvalue weighted by Gasteiger charge is -2.28. The van der Waals surface area contributed by atoms with Crippen molar-refractivity contribution in [2.45, 2.75) is 72.4 Å². The van der Waals surface area contributed by atoms with Crippen LogP contribution < -0.4 is 5.32 Å². The van der Waals surface area contributed by atoms with Crippen molar-refractivity contribution in [3.8, 4) is 0 Å². The highest BCUT2D eigenvalue weighted by Gasteiger charge is 2.33. The van der Waals surface area contributed by atoms with Gasteiger partial charge in [0.2, 0.25) is 0 Å². The normalized spacial score (nSPS) is 22.2. The fraction of sp³-hybridized carbons (Fsp3) is 0.941. The zero-order valence-electron chi connectivity index (χ0n) is 14.7. The van der Waals surface area contributed by atoms with Crippen molar-refractivity contribution in [3.05, 3.63) is 0 Å². The molecule has 0 saturated carbocycles. The molecule has 0 aromatic heterocycles. The number of rotatable bonds is 6. The molecule has 1 aliphatic rings. The minimum Gasteiger partial charge on any atom is -0.444 e. The Morgan fingerprint density at radius 1 is 1.38 bits per heavy atom. The summed E-state index contributed by atoms with van der Waals surface area (Å²) in [5.41, 5.74) is -0.410. The van der Waals surface area contributed by atoms with E-state index in [2.05, 4.69) is 26.1 Å². The molecule has 0 aromatic carbocycles. The van der Waals surface area contributed by atoms with E-state index in [0.29, 0.717) is 12.0 Å². The second kappa shape index (κ2) is 8.02. The topological polar surface area (TPSA) is 41.6 Å². The summed E-state index contributed by atoms with van der Waals surface area (Å²) in [7, 11) is 0. The summed E-state index contributed by atoms with van der Waals surface area (Å²) < 4.78 is 5.48. The van der Waals surface area contributed by atoms with E-state index in [-0.39, 0.29) is 6.09 Å². The smallest absolute Gasteiger partial charge is 0.410 e. The number of amides is 1. The predicted octanol–water partition coefficient (Wildman–Crippen LogP) is 3.66.